The third-order valence-electron chi connectivity index (χ3n) is 3.18. The lowest BCUT2D eigenvalue weighted by Gasteiger charge is -2.21. The van der Waals surface area contributed by atoms with E-state index in [1.54, 1.807) is 0 Å². The lowest BCUT2D eigenvalue weighted by Crippen LogP contribution is -2.32. The minimum absolute atomic E-state index is 0.256. The second-order valence-electron chi connectivity index (χ2n) is 4.93. The van der Waals surface area contributed by atoms with Crippen LogP contribution in [0.1, 0.15) is 46.0 Å². The van der Waals surface area contributed by atoms with Crippen LogP contribution >= 0.6 is 0 Å². The summed E-state index contributed by atoms with van der Waals surface area (Å²) in [4.78, 5) is 13.7. The number of carbonyl (C=O) groups excluding carboxylic acids is 1. The molecule has 1 aliphatic rings. The van der Waals surface area contributed by atoms with Gasteiger partial charge in [-0.3, -0.25) is 4.79 Å². The first-order chi connectivity index (χ1) is 7.09. The predicted octanol–water partition coefficient (Wildman–Crippen LogP) is 1.76. The average Bonchev–Trinajstić information content (AvgIpc) is 2.32. The Hall–Kier alpha value is -0.570. The van der Waals surface area contributed by atoms with Crippen LogP contribution in [0.3, 0.4) is 0 Å². The van der Waals surface area contributed by atoms with Gasteiger partial charge < -0.3 is 10.6 Å². The van der Waals surface area contributed by atoms with Crippen LogP contribution in [0.2, 0.25) is 0 Å². The maximum Gasteiger partial charge on any atom is 0.222 e. The molecule has 1 aliphatic heterocycles. The van der Waals surface area contributed by atoms with E-state index in [9.17, 15) is 4.79 Å². The molecule has 15 heavy (non-hydrogen) atoms. The summed E-state index contributed by atoms with van der Waals surface area (Å²) in [6.07, 6.45) is 5.00. The van der Waals surface area contributed by atoms with E-state index in [1.807, 2.05) is 11.8 Å². The van der Waals surface area contributed by atoms with Crippen molar-refractivity contribution >= 4 is 5.91 Å². The van der Waals surface area contributed by atoms with Crippen molar-refractivity contribution in [2.75, 3.05) is 13.1 Å². The summed E-state index contributed by atoms with van der Waals surface area (Å²) in [5, 5.41) is 0. The molecule has 0 aliphatic carbocycles. The number of amides is 1. The minimum Gasteiger partial charge on any atom is -0.343 e. The van der Waals surface area contributed by atoms with Gasteiger partial charge in [-0.05, 0) is 38.5 Å². The van der Waals surface area contributed by atoms with E-state index >= 15 is 0 Å². The maximum atomic E-state index is 11.7. The van der Waals surface area contributed by atoms with E-state index < -0.39 is 0 Å². The van der Waals surface area contributed by atoms with Crippen LogP contribution in [0.5, 0.6) is 0 Å². The summed E-state index contributed by atoms with van der Waals surface area (Å²) < 4.78 is 0. The van der Waals surface area contributed by atoms with Crippen LogP contribution in [0.15, 0.2) is 0 Å². The first kappa shape index (κ1) is 12.5. The molecule has 1 saturated heterocycles. The van der Waals surface area contributed by atoms with E-state index in [2.05, 4.69) is 6.92 Å². The van der Waals surface area contributed by atoms with E-state index in [-0.39, 0.29) is 6.04 Å². The average molecular weight is 212 g/mol. The summed E-state index contributed by atoms with van der Waals surface area (Å²) in [6.45, 7) is 6.09. The zero-order valence-corrected chi connectivity index (χ0v) is 10.0. The normalized spacial score (nSPS) is 25.1. The number of hydrogen-bond acceptors (Lipinski definition) is 2. The van der Waals surface area contributed by atoms with Gasteiger partial charge in [0.2, 0.25) is 5.91 Å². The third-order valence-corrected chi connectivity index (χ3v) is 3.18. The number of likely N-dealkylation sites (tertiary alicyclic amines) is 1. The molecule has 0 bridgehead atoms. The smallest absolute Gasteiger partial charge is 0.222 e. The summed E-state index contributed by atoms with van der Waals surface area (Å²) in [6, 6.07) is 0.256. The van der Waals surface area contributed by atoms with Crippen LogP contribution < -0.4 is 5.73 Å². The highest BCUT2D eigenvalue weighted by Crippen LogP contribution is 2.17. The minimum atomic E-state index is 0.256. The molecule has 2 N–H and O–H groups in total. The first-order valence-electron chi connectivity index (χ1n) is 6.13. The van der Waals surface area contributed by atoms with Crippen LogP contribution in [0.25, 0.3) is 0 Å². The van der Waals surface area contributed by atoms with E-state index in [1.165, 1.54) is 0 Å². The van der Waals surface area contributed by atoms with Crippen molar-refractivity contribution in [1.82, 2.24) is 4.90 Å². The number of nitrogens with zero attached hydrogens (tertiary/aromatic N) is 1. The molecule has 2 unspecified atom stereocenters. The number of nitrogens with two attached hydrogens (primary N) is 1. The zero-order chi connectivity index (χ0) is 11.3. The fourth-order valence-electron chi connectivity index (χ4n) is 2.01. The van der Waals surface area contributed by atoms with Crippen LogP contribution in [-0.4, -0.2) is 29.9 Å². The molecule has 0 saturated carbocycles. The Morgan fingerprint density at radius 3 is 2.93 bits per heavy atom. The van der Waals surface area contributed by atoms with Crippen LogP contribution in [0, 0.1) is 5.92 Å². The Balaban J connectivity index is 2.29. The topological polar surface area (TPSA) is 46.3 Å². The van der Waals surface area contributed by atoms with Crippen molar-refractivity contribution in [3.05, 3.63) is 0 Å². The molecule has 0 spiro atoms. The molecular formula is C12H24N2O. The largest absolute Gasteiger partial charge is 0.343 e. The van der Waals surface area contributed by atoms with Gasteiger partial charge in [0.15, 0.2) is 0 Å². The summed E-state index contributed by atoms with van der Waals surface area (Å²) in [7, 11) is 0. The van der Waals surface area contributed by atoms with Gasteiger partial charge in [-0.2, -0.15) is 0 Å². The summed E-state index contributed by atoms with van der Waals surface area (Å²) in [5.74, 6) is 1.04. The van der Waals surface area contributed by atoms with Gasteiger partial charge >= 0.3 is 0 Å². The second-order valence-corrected chi connectivity index (χ2v) is 4.93. The van der Waals surface area contributed by atoms with Gasteiger partial charge in [0.1, 0.15) is 0 Å². The van der Waals surface area contributed by atoms with Gasteiger partial charge in [0.05, 0.1) is 0 Å². The molecule has 0 aromatic carbocycles. The fourth-order valence-corrected chi connectivity index (χ4v) is 2.01. The molecule has 0 aromatic rings. The van der Waals surface area contributed by atoms with Crippen LogP contribution in [-0.2, 0) is 4.79 Å². The van der Waals surface area contributed by atoms with Crippen molar-refractivity contribution in [3.8, 4) is 0 Å². The number of rotatable bonds is 4. The molecule has 0 radical (unpaired) electrons. The summed E-state index contributed by atoms with van der Waals surface area (Å²) in [5.41, 5.74) is 5.69. The highest BCUT2D eigenvalue weighted by Gasteiger charge is 2.19. The standard InChI is InChI=1S/C12H24N2O/c1-10-5-6-12(15)14(9-7-10)8-3-4-11(2)13/h10-11H,3-9,13H2,1-2H3. The fraction of sp³-hybridized carbons (Fsp3) is 0.917. The molecular weight excluding hydrogens is 188 g/mol. The lowest BCUT2D eigenvalue weighted by molar-refractivity contribution is -0.130. The SMILES string of the molecule is CC(N)CCCN1CCC(C)CCC1=O. The van der Waals surface area contributed by atoms with Crippen molar-refractivity contribution < 1.29 is 4.79 Å². The monoisotopic (exact) mass is 212 g/mol. The predicted molar refractivity (Wildman–Crippen MR) is 62.5 cm³/mol. The Morgan fingerprint density at radius 1 is 1.53 bits per heavy atom. The van der Waals surface area contributed by atoms with Crippen molar-refractivity contribution in [2.24, 2.45) is 11.7 Å². The molecule has 3 heteroatoms. The Labute approximate surface area is 93.0 Å². The van der Waals surface area contributed by atoms with Gasteiger partial charge in [-0.1, -0.05) is 6.92 Å². The van der Waals surface area contributed by atoms with Gasteiger partial charge in [-0.25, -0.2) is 0 Å². The van der Waals surface area contributed by atoms with Crippen molar-refractivity contribution in [1.29, 1.82) is 0 Å². The van der Waals surface area contributed by atoms with E-state index in [0.717, 1.165) is 45.2 Å². The van der Waals surface area contributed by atoms with Crippen LogP contribution in [0.4, 0.5) is 0 Å². The first-order valence-corrected chi connectivity index (χ1v) is 6.13. The molecule has 0 aromatic heterocycles. The molecule has 1 amide bonds. The second kappa shape index (κ2) is 6.11. The summed E-state index contributed by atoms with van der Waals surface area (Å²) >= 11 is 0. The van der Waals surface area contributed by atoms with Crippen molar-refractivity contribution in [3.63, 3.8) is 0 Å². The molecule has 1 rings (SSSR count). The van der Waals surface area contributed by atoms with Gasteiger partial charge in [0.25, 0.3) is 0 Å². The molecule has 3 nitrogen and oxygen atoms in total. The van der Waals surface area contributed by atoms with Gasteiger partial charge in [-0.15, -0.1) is 0 Å². The third kappa shape index (κ3) is 4.65. The highest BCUT2D eigenvalue weighted by atomic mass is 16.2. The lowest BCUT2D eigenvalue weighted by atomic mass is 10.0. The Morgan fingerprint density at radius 2 is 2.27 bits per heavy atom. The molecule has 2 atom stereocenters. The molecule has 1 fully saturated rings. The molecule has 1 heterocycles. The number of hydrogen-bond donors (Lipinski definition) is 1. The molecule has 88 valence electrons. The highest BCUT2D eigenvalue weighted by molar-refractivity contribution is 5.76. The zero-order valence-electron chi connectivity index (χ0n) is 10.0. The van der Waals surface area contributed by atoms with E-state index in [4.69, 9.17) is 5.73 Å². The Kier molecular flexibility index (Phi) is 5.09. The number of carbonyl (C=O) groups is 1. The van der Waals surface area contributed by atoms with Gasteiger partial charge in [0, 0.05) is 25.6 Å². The maximum absolute atomic E-state index is 11.7. The Bertz CT molecular complexity index is 204. The quantitative estimate of drug-likeness (QED) is 0.772. The van der Waals surface area contributed by atoms with E-state index in [0.29, 0.717) is 11.8 Å². The van der Waals surface area contributed by atoms with Crippen molar-refractivity contribution in [2.45, 2.75) is 52.0 Å².